The summed E-state index contributed by atoms with van der Waals surface area (Å²) in [6.07, 6.45) is 1.84. The Morgan fingerprint density at radius 1 is 1.62 bits per heavy atom. The fraction of sp³-hybridized carbons (Fsp3) is 0.900. The molecule has 0 amide bonds. The van der Waals surface area contributed by atoms with Gasteiger partial charge in [-0.2, -0.15) is 9.57 Å². The third-order valence-corrected chi connectivity index (χ3v) is 5.37. The van der Waals surface area contributed by atoms with Gasteiger partial charge in [0.25, 0.3) is 0 Å². The van der Waals surface area contributed by atoms with Gasteiger partial charge in [-0.15, -0.1) is 0 Å². The van der Waals surface area contributed by atoms with Crippen molar-refractivity contribution < 1.29 is 8.42 Å². The van der Waals surface area contributed by atoms with Gasteiger partial charge in [0, 0.05) is 19.1 Å². The topological polar surface area (TPSA) is 87.2 Å². The molecule has 0 aromatic rings. The molecule has 5 nitrogen and oxygen atoms in total. The zero-order chi connectivity index (χ0) is 12.3. The number of hydrogen-bond donors (Lipinski definition) is 1. The number of hydrogen-bond acceptors (Lipinski definition) is 4. The Balaban J connectivity index is 2.98. The van der Waals surface area contributed by atoms with Crippen molar-refractivity contribution in [2.75, 3.05) is 13.1 Å². The standard InChI is InChI=1S/C10H19N3O2S/c1-8-4-3-5-13(10(8)7-12)16(14,15)9(2)6-11/h8-10H,3-5,7,12H2,1-2H3. The van der Waals surface area contributed by atoms with Crippen LogP contribution in [-0.2, 0) is 10.0 Å². The first kappa shape index (κ1) is 13.4. The summed E-state index contributed by atoms with van der Waals surface area (Å²) in [7, 11) is -3.51. The van der Waals surface area contributed by atoms with Crippen molar-refractivity contribution in [1.82, 2.24) is 4.31 Å². The van der Waals surface area contributed by atoms with Gasteiger partial charge in [-0.25, -0.2) is 8.42 Å². The molecule has 1 fully saturated rings. The lowest BCUT2D eigenvalue weighted by atomic mass is 9.93. The Morgan fingerprint density at radius 2 is 2.25 bits per heavy atom. The van der Waals surface area contributed by atoms with Gasteiger partial charge in [0.2, 0.25) is 10.0 Å². The molecule has 1 heterocycles. The molecule has 1 saturated heterocycles. The van der Waals surface area contributed by atoms with Crippen molar-refractivity contribution in [1.29, 1.82) is 5.26 Å². The SMILES string of the molecule is CC1CCCN(S(=O)(=O)C(C)C#N)C1CN. The predicted octanol–water partition coefficient (Wildman–Crippen LogP) is 0.287. The van der Waals surface area contributed by atoms with Crippen LogP contribution in [0.15, 0.2) is 0 Å². The van der Waals surface area contributed by atoms with E-state index >= 15 is 0 Å². The fourth-order valence-electron chi connectivity index (χ4n) is 2.15. The molecule has 6 heteroatoms. The largest absolute Gasteiger partial charge is 0.329 e. The Bertz CT molecular complexity index is 374. The van der Waals surface area contributed by atoms with Crippen molar-refractivity contribution in [2.24, 2.45) is 11.7 Å². The fourth-order valence-corrected chi connectivity index (χ4v) is 3.74. The third-order valence-electron chi connectivity index (χ3n) is 3.26. The second-order valence-electron chi connectivity index (χ2n) is 4.35. The smallest absolute Gasteiger partial charge is 0.230 e. The molecule has 0 radical (unpaired) electrons. The lowest BCUT2D eigenvalue weighted by Crippen LogP contribution is -2.53. The number of sulfonamides is 1. The first-order chi connectivity index (χ1) is 7.45. The minimum Gasteiger partial charge on any atom is -0.329 e. The van der Waals surface area contributed by atoms with E-state index in [9.17, 15) is 8.42 Å². The van der Waals surface area contributed by atoms with Gasteiger partial charge >= 0.3 is 0 Å². The zero-order valence-electron chi connectivity index (χ0n) is 9.76. The molecule has 92 valence electrons. The minimum atomic E-state index is -3.51. The summed E-state index contributed by atoms with van der Waals surface area (Å²) >= 11 is 0. The average molecular weight is 245 g/mol. The maximum atomic E-state index is 12.1. The summed E-state index contributed by atoms with van der Waals surface area (Å²) in [5, 5.41) is 7.75. The zero-order valence-corrected chi connectivity index (χ0v) is 10.6. The van der Waals surface area contributed by atoms with E-state index in [1.54, 1.807) is 6.07 Å². The van der Waals surface area contributed by atoms with Gasteiger partial charge in [-0.3, -0.25) is 0 Å². The highest BCUT2D eigenvalue weighted by molar-refractivity contribution is 7.90. The van der Waals surface area contributed by atoms with Gasteiger partial charge in [0.15, 0.2) is 5.25 Å². The lowest BCUT2D eigenvalue weighted by molar-refractivity contribution is 0.192. The Morgan fingerprint density at radius 3 is 2.75 bits per heavy atom. The summed E-state index contributed by atoms with van der Waals surface area (Å²) in [6, 6.07) is 1.63. The molecule has 0 aliphatic carbocycles. The van der Waals surface area contributed by atoms with Crippen molar-refractivity contribution in [3.63, 3.8) is 0 Å². The molecule has 0 saturated carbocycles. The van der Waals surface area contributed by atoms with E-state index in [2.05, 4.69) is 0 Å². The summed E-state index contributed by atoms with van der Waals surface area (Å²) in [5.74, 6) is 0.263. The maximum Gasteiger partial charge on any atom is 0.230 e. The molecule has 0 aromatic heterocycles. The second-order valence-corrected chi connectivity index (χ2v) is 6.56. The number of nitrogens with zero attached hydrogens (tertiary/aromatic N) is 2. The quantitative estimate of drug-likeness (QED) is 0.774. The number of nitriles is 1. The molecule has 1 aliphatic rings. The first-order valence-electron chi connectivity index (χ1n) is 5.55. The summed E-state index contributed by atoms with van der Waals surface area (Å²) in [5.41, 5.74) is 5.63. The molecular weight excluding hydrogens is 226 g/mol. The van der Waals surface area contributed by atoms with Crippen LogP contribution in [0, 0.1) is 17.2 Å². The van der Waals surface area contributed by atoms with Gasteiger partial charge in [0.05, 0.1) is 6.07 Å². The van der Waals surface area contributed by atoms with Crippen molar-refractivity contribution in [3.8, 4) is 6.07 Å². The normalized spacial score (nSPS) is 29.6. The molecule has 0 bridgehead atoms. The molecular formula is C10H19N3O2S. The number of piperidine rings is 1. The molecule has 3 unspecified atom stereocenters. The highest BCUT2D eigenvalue weighted by Crippen LogP contribution is 2.26. The number of rotatable bonds is 3. The maximum absolute atomic E-state index is 12.1. The third kappa shape index (κ3) is 2.37. The lowest BCUT2D eigenvalue weighted by Gasteiger charge is -2.38. The van der Waals surface area contributed by atoms with E-state index in [-0.39, 0.29) is 12.0 Å². The van der Waals surface area contributed by atoms with Gasteiger partial charge in [0.1, 0.15) is 0 Å². The van der Waals surface area contributed by atoms with Crippen LogP contribution in [0.25, 0.3) is 0 Å². The van der Waals surface area contributed by atoms with E-state index in [4.69, 9.17) is 11.0 Å². The van der Waals surface area contributed by atoms with Crippen LogP contribution >= 0.6 is 0 Å². The van der Waals surface area contributed by atoms with E-state index in [0.717, 1.165) is 12.8 Å². The van der Waals surface area contributed by atoms with Gasteiger partial charge in [-0.05, 0) is 25.7 Å². The van der Waals surface area contributed by atoms with Crippen molar-refractivity contribution in [3.05, 3.63) is 0 Å². The molecule has 2 N–H and O–H groups in total. The molecule has 0 aromatic carbocycles. The van der Waals surface area contributed by atoms with Gasteiger partial charge in [-0.1, -0.05) is 6.92 Å². The number of nitrogens with two attached hydrogens (primary N) is 1. The summed E-state index contributed by atoms with van der Waals surface area (Å²) in [4.78, 5) is 0. The summed E-state index contributed by atoms with van der Waals surface area (Å²) < 4.78 is 25.6. The average Bonchev–Trinajstić information content (AvgIpc) is 2.27. The minimum absolute atomic E-state index is 0.158. The Kier molecular flexibility index (Phi) is 4.30. The van der Waals surface area contributed by atoms with Crippen molar-refractivity contribution >= 4 is 10.0 Å². The highest BCUT2D eigenvalue weighted by atomic mass is 32.2. The van der Waals surface area contributed by atoms with Crippen molar-refractivity contribution in [2.45, 2.75) is 38.0 Å². The van der Waals surface area contributed by atoms with Crippen LogP contribution in [0.4, 0.5) is 0 Å². The predicted molar refractivity (Wildman–Crippen MR) is 61.9 cm³/mol. The van der Waals surface area contributed by atoms with Crippen LogP contribution in [0.3, 0.4) is 0 Å². The van der Waals surface area contributed by atoms with E-state index < -0.39 is 15.3 Å². The highest BCUT2D eigenvalue weighted by Gasteiger charge is 2.38. The molecule has 1 rings (SSSR count). The van der Waals surface area contributed by atoms with E-state index in [0.29, 0.717) is 13.1 Å². The van der Waals surface area contributed by atoms with Crippen LogP contribution < -0.4 is 5.73 Å². The van der Waals surface area contributed by atoms with Crippen LogP contribution in [0.5, 0.6) is 0 Å². The molecule has 16 heavy (non-hydrogen) atoms. The Hall–Kier alpha value is -0.640. The van der Waals surface area contributed by atoms with Crippen LogP contribution in [-0.4, -0.2) is 37.1 Å². The molecule has 1 aliphatic heterocycles. The van der Waals surface area contributed by atoms with Crippen LogP contribution in [0.1, 0.15) is 26.7 Å². The molecule has 3 atom stereocenters. The van der Waals surface area contributed by atoms with Gasteiger partial charge < -0.3 is 5.73 Å². The summed E-state index contributed by atoms with van der Waals surface area (Å²) in [6.45, 7) is 4.23. The second kappa shape index (κ2) is 5.13. The molecule has 0 spiro atoms. The first-order valence-corrected chi connectivity index (χ1v) is 7.05. The van der Waals surface area contributed by atoms with E-state index in [1.807, 2.05) is 6.92 Å². The van der Waals surface area contributed by atoms with E-state index in [1.165, 1.54) is 11.2 Å². The monoisotopic (exact) mass is 245 g/mol. The van der Waals surface area contributed by atoms with Crippen LogP contribution in [0.2, 0.25) is 0 Å². The Labute approximate surface area is 97.3 Å².